The summed E-state index contributed by atoms with van der Waals surface area (Å²) in [6.07, 6.45) is 0. The molecule has 1 heterocycles. The lowest BCUT2D eigenvalue weighted by Crippen LogP contribution is -2.69. The Labute approximate surface area is 144 Å². The van der Waals surface area contributed by atoms with Crippen molar-refractivity contribution in [1.29, 1.82) is 0 Å². The van der Waals surface area contributed by atoms with E-state index in [1.54, 1.807) is 18.2 Å². The number of hydrogen-bond acceptors (Lipinski definition) is 5. The van der Waals surface area contributed by atoms with Crippen LogP contribution in [0.5, 0.6) is 0 Å². The van der Waals surface area contributed by atoms with Crippen LogP contribution in [0.4, 0.5) is 5.69 Å². The molecule has 1 aromatic carbocycles. The molecule has 0 aromatic heterocycles. The zero-order valence-electron chi connectivity index (χ0n) is 13.0. The third-order valence-electron chi connectivity index (χ3n) is 3.89. The van der Waals surface area contributed by atoms with Gasteiger partial charge in [0.1, 0.15) is 12.1 Å². The lowest BCUT2D eigenvalue weighted by Gasteiger charge is -2.38. The quantitative estimate of drug-likeness (QED) is 0.717. The number of amides is 1. The molecule has 126 valence electrons. The Hall–Kier alpha value is -1.34. The number of halogens is 2. The highest BCUT2D eigenvalue weighted by molar-refractivity contribution is 6.35. The Morgan fingerprint density at radius 2 is 1.74 bits per heavy atom. The zero-order valence-corrected chi connectivity index (χ0v) is 14.5. The molecule has 1 saturated heterocycles. The third kappa shape index (κ3) is 4.14. The molecule has 23 heavy (non-hydrogen) atoms. The van der Waals surface area contributed by atoms with Crippen molar-refractivity contribution in [2.45, 2.75) is 38.0 Å². The van der Waals surface area contributed by atoms with Gasteiger partial charge in [-0.15, -0.1) is 0 Å². The first-order valence-corrected chi connectivity index (χ1v) is 7.95. The number of carbonyl (C=O) groups excluding carboxylic acids is 2. The van der Waals surface area contributed by atoms with Crippen molar-refractivity contribution < 1.29 is 14.3 Å². The van der Waals surface area contributed by atoms with Crippen molar-refractivity contribution in [3.05, 3.63) is 28.2 Å². The van der Waals surface area contributed by atoms with Gasteiger partial charge in [-0.25, -0.2) is 0 Å². The van der Waals surface area contributed by atoms with Crippen LogP contribution in [0, 0.1) is 0 Å². The van der Waals surface area contributed by atoms with Crippen molar-refractivity contribution in [3.63, 3.8) is 0 Å². The van der Waals surface area contributed by atoms with E-state index >= 15 is 0 Å². The summed E-state index contributed by atoms with van der Waals surface area (Å²) in [5.41, 5.74) is 0.390. The molecular formula is C15H19Cl2N3O3. The first-order chi connectivity index (χ1) is 10.8. The topological polar surface area (TPSA) is 79.5 Å². The van der Waals surface area contributed by atoms with Gasteiger partial charge in [0.25, 0.3) is 0 Å². The molecule has 2 rings (SSSR count). The molecule has 4 atom stereocenters. The molecule has 1 fully saturated rings. The van der Waals surface area contributed by atoms with Crippen LogP contribution in [0.1, 0.15) is 13.8 Å². The van der Waals surface area contributed by atoms with Crippen molar-refractivity contribution in [3.8, 4) is 0 Å². The summed E-state index contributed by atoms with van der Waals surface area (Å²) in [6.45, 7) is 3.85. The number of anilines is 1. The van der Waals surface area contributed by atoms with Crippen LogP contribution >= 0.6 is 23.2 Å². The minimum Gasteiger partial charge on any atom is -0.468 e. The fourth-order valence-corrected chi connectivity index (χ4v) is 2.75. The van der Waals surface area contributed by atoms with Gasteiger partial charge < -0.3 is 10.1 Å². The standard InChI is InChI=1S/C15H19Cl2N3O3/c1-7-8(2)19-13(15(22)23-3)12(18-7)14(21)20-11-6-9(16)4-5-10(11)17/h4-8,12-13,18-19H,1-3H3,(H,20,21). The van der Waals surface area contributed by atoms with Gasteiger partial charge in [-0.2, -0.15) is 0 Å². The molecule has 6 nitrogen and oxygen atoms in total. The first kappa shape index (κ1) is 18.0. The van der Waals surface area contributed by atoms with Gasteiger partial charge in [0.15, 0.2) is 0 Å². The number of ether oxygens (including phenoxy) is 1. The molecule has 1 amide bonds. The summed E-state index contributed by atoms with van der Waals surface area (Å²) in [5, 5.41) is 9.75. The predicted octanol–water partition coefficient (Wildman–Crippen LogP) is 1.81. The highest BCUT2D eigenvalue weighted by atomic mass is 35.5. The monoisotopic (exact) mass is 359 g/mol. The summed E-state index contributed by atoms with van der Waals surface area (Å²) in [4.78, 5) is 24.5. The SMILES string of the molecule is COC(=O)C1NC(C)C(C)NC1C(=O)Nc1cc(Cl)ccc1Cl. The van der Waals surface area contributed by atoms with E-state index in [1.807, 2.05) is 13.8 Å². The smallest absolute Gasteiger partial charge is 0.325 e. The predicted molar refractivity (Wildman–Crippen MR) is 89.9 cm³/mol. The number of rotatable bonds is 3. The lowest BCUT2D eigenvalue weighted by atomic mass is 9.97. The van der Waals surface area contributed by atoms with Gasteiger partial charge in [-0.05, 0) is 32.0 Å². The van der Waals surface area contributed by atoms with E-state index < -0.39 is 24.0 Å². The first-order valence-electron chi connectivity index (χ1n) is 7.19. The van der Waals surface area contributed by atoms with Crippen LogP contribution in [0.15, 0.2) is 18.2 Å². The number of piperazine rings is 1. The molecule has 1 aliphatic heterocycles. The summed E-state index contributed by atoms with van der Waals surface area (Å²) in [6, 6.07) is 3.21. The van der Waals surface area contributed by atoms with Gasteiger partial charge in [0.2, 0.25) is 5.91 Å². The highest BCUT2D eigenvalue weighted by Gasteiger charge is 2.41. The van der Waals surface area contributed by atoms with E-state index in [9.17, 15) is 9.59 Å². The lowest BCUT2D eigenvalue weighted by molar-refractivity contribution is -0.146. The van der Waals surface area contributed by atoms with Crippen molar-refractivity contribution >= 4 is 40.8 Å². The number of esters is 1. The third-order valence-corrected chi connectivity index (χ3v) is 4.46. The van der Waals surface area contributed by atoms with Gasteiger partial charge in [-0.1, -0.05) is 23.2 Å². The van der Waals surface area contributed by atoms with E-state index in [2.05, 4.69) is 16.0 Å². The Balaban J connectivity index is 2.20. The normalized spacial score (nSPS) is 27.3. The van der Waals surface area contributed by atoms with Crippen LogP contribution in [-0.2, 0) is 14.3 Å². The number of carbonyl (C=O) groups is 2. The molecule has 1 aliphatic rings. The second-order valence-electron chi connectivity index (χ2n) is 5.50. The van der Waals surface area contributed by atoms with Crippen LogP contribution in [-0.4, -0.2) is 43.2 Å². The van der Waals surface area contributed by atoms with Crippen LogP contribution in [0.2, 0.25) is 10.0 Å². The van der Waals surface area contributed by atoms with Crippen LogP contribution < -0.4 is 16.0 Å². The van der Waals surface area contributed by atoms with Gasteiger partial charge >= 0.3 is 5.97 Å². The molecule has 4 unspecified atom stereocenters. The maximum Gasteiger partial charge on any atom is 0.325 e. The summed E-state index contributed by atoms with van der Waals surface area (Å²) in [5.74, 6) is -0.899. The molecule has 8 heteroatoms. The van der Waals surface area contributed by atoms with Crippen molar-refractivity contribution in [1.82, 2.24) is 10.6 Å². The molecule has 0 radical (unpaired) electrons. The molecule has 3 N–H and O–H groups in total. The number of benzene rings is 1. The Kier molecular flexibility index (Phi) is 5.86. The summed E-state index contributed by atoms with van der Waals surface area (Å²) < 4.78 is 4.78. The number of methoxy groups -OCH3 is 1. The van der Waals surface area contributed by atoms with Crippen molar-refractivity contribution in [2.75, 3.05) is 12.4 Å². The molecular weight excluding hydrogens is 341 g/mol. The van der Waals surface area contributed by atoms with Crippen LogP contribution in [0.25, 0.3) is 0 Å². The minimum atomic E-state index is -0.788. The zero-order chi connectivity index (χ0) is 17.1. The van der Waals surface area contributed by atoms with Crippen molar-refractivity contribution in [2.24, 2.45) is 0 Å². The fraction of sp³-hybridized carbons (Fsp3) is 0.467. The summed E-state index contributed by atoms with van der Waals surface area (Å²) >= 11 is 12.0. The minimum absolute atomic E-state index is 0.00138. The van der Waals surface area contributed by atoms with E-state index in [0.717, 1.165) is 0 Å². The van der Waals surface area contributed by atoms with Crippen LogP contribution in [0.3, 0.4) is 0 Å². The Bertz CT molecular complexity index is 612. The summed E-state index contributed by atoms with van der Waals surface area (Å²) in [7, 11) is 1.29. The second kappa shape index (κ2) is 7.49. The van der Waals surface area contributed by atoms with E-state index in [0.29, 0.717) is 15.7 Å². The molecule has 0 aliphatic carbocycles. The maximum absolute atomic E-state index is 12.6. The van der Waals surface area contributed by atoms with E-state index in [1.165, 1.54) is 7.11 Å². The van der Waals surface area contributed by atoms with E-state index in [4.69, 9.17) is 27.9 Å². The number of nitrogens with one attached hydrogen (secondary N) is 3. The Morgan fingerprint density at radius 1 is 1.13 bits per heavy atom. The molecule has 0 bridgehead atoms. The average molecular weight is 360 g/mol. The van der Waals surface area contributed by atoms with E-state index in [-0.39, 0.29) is 12.1 Å². The number of hydrogen-bond donors (Lipinski definition) is 3. The Morgan fingerprint density at radius 3 is 2.35 bits per heavy atom. The second-order valence-corrected chi connectivity index (χ2v) is 6.35. The largest absolute Gasteiger partial charge is 0.468 e. The fourth-order valence-electron chi connectivity index (χ4n) is 2.41. The van der Waals surface area contributed by atoms with Gasteiger partial charge in [0, 0.05) is 17.1 Å². The highest BCUT2D eigenvalue weighted by Crippen LogP contribution is 2.26. The average Bonchev–Trinajstić information content (AvgIpc) is 2.52. The van der Waals surface area contributed by atoms with Gasteiger partial charge in [0.05, 0.1) is 17.8 Å². The molecule has 0 saturated carbocycles. The maximum atomic E-state index is 12.6. The molecule has 1 aromatic rings. The van der Waals surface area contributed by atoms with Gasteiger partial charge in [-0.3, -0.25) is 20.2 Å². The molecule has 0 spiro atoms.